The number of nitrogens with two attached hydrogens (primary N) is 1. The number of oxime groups is 1. The predicted octanol–water partition coefficient (Wildman–Crippen LogP) is 0.273. The van der Waals surface area contributed by atoms with Gasteiger partial charge in [0.2, 0.25) is 5.91 Å². The lowest BCUT2D eigenvalue weighted by molar-refractivity contribution is -0.150. The van der Waals surface area contributed by atoms with E-state index in [1.807, 2.05) is 0 Å². The summed E-state index contributed by atoms with van der Waals surface area (Å²) in [6, 6.07) is -0.986. The van der Waals surface area contributed by atoms with Crippen LogP contribution in [0.4, 0.5) is 5.13 Å². The molecule has 0 aliphatic carbocycles. The van der Waals surface area contributed by atoms with Gasteiger partial charge in [-0.15, -0.1) is 45.9 Å². The fourth-order valence-electron chi connectivity index (χ4n) is 3.51. The fraction of sp³-hybridized carbons (Fsp3) is 0.300. The van der Waals surface area contributed by atoms with Gasteiger partial charge in [-0.25, -0.2) is 9.78 Å². The molecule has 1 fully saturated rings. The molecule has 1 saturated heterocycles. The Morgan fingerprint density at radius 2 is 2.16 bits per heavy atom. The van der Waals surface area contributed by atoms with Crippen LogP contribution in [-0.2, 0) is 30.6 Å². The van der Waals surface area contributed by atoms with Gasteiger partial charge in [-0.1, -0.05) is 16.5 Å². The van der Waals surface area contributed by atoms with E-state index in [2.05, 4.69) is 43.6 Å². The van der Waals surface area contributed by atoms with Crippen molar-refractivity contribution in [1.29, 1.82) is 0 Å². The van der Waals surface area contributed by atoms with E-state index in [9.17, 15) is 24.3 Å². The number of nitrogen functional groups attached to an aromatic ring is 1. The molecule has 3 amide bonds. The molecule has 0 aromatic carbocycles. The minimum atomic E-state index is -1.30. The van der Waals surface area contributed by atoms with E-state index in [1.165, 1.54) is 48.6 Å². The van der Waals surface area contributed by atoms with Gasteiger partial charge in [0.25, 0.3) is 11.8 Å². The maximum Gasteiger partial charge on any atom is 0.352 e. The number of carboxylic acid groups (broad SMARTS) is 1. The third kappa shape index (κ3) is 5.66. The topological polar surface area (TPSA) is 202 Å². The highest BCUT2D eigenvalue weighted by molar-refractivity contribution is 8.00. The summed E-state index contributed by atoms with van der Waals surface area (Å²) in [6.07, 6.45) is 1.52. The van der Waals surface area contributed by atoms with Crippen molar-refractivity contribution in [1.82, 2.24) is 30.7 Å². The number of hydrogen-bond donors (Lipinski definition) is 5. The highest BCUT2D eigenvalue weighted by Gasteiger charge is 2.54. The number of rotatable bonds is 9. The summed E-state index contributed by atoms with van der Waals surface area (Å²) >= 11 is 8.02. The minimum absolute atomic E-state index is 0.167. The molecule has 14 nitrogen and oxygen atoms in total. The molecule has 2 unspecified atom stereocenters. The standard InChI is InChI=1S/C20H20N8O6S4/c1-7(29)22-4-11-25-26-16(38-11)10(35)3-8-5-36-18-13(17(31)28(18)14(8)19(32)33)24-15(30)12(27-34-2)9-6-37-20(21)23-9/h3,6,13,18,35H,4-5H2,1-2H3,(H2,21,23)(H,22,29)(H,24,30)(H,32,33). The molecule has 2 aliphatic rings. The number of anilines is 1. The Bertz CT molecular complexity index is 1400. The smallest absolute Gasteiger partial charge is 0.352 e. The van der Waals surface area contributed by atoms with Crippen LogP contribution in [0.5, 0.6) is 0 Å². The van der Waals surface area contributed by atoms with Crippen molar-refractivity contribution < 1.29 is 29.1 Å². The number of thiol groups is 1. The lowest BCUT2D eigenvalue weighted by Gasteiger charge is -2.49. The molecule has 38 heavy (non-hydrogen) atoms. The van der Waals surface area contributed by atoms with Gasteiger partial charge in [0.05, 0.1) is 6.54 Å². The number of aromatic nitrogens is 3. The minimum Gasteiger partial charge on any atom is -0.477 e. The van der Waals surface area contributed by atoms with E-state index in [1.54, 1.807) is 0 Å². The normalized spacial score (nSPS) is 19.6. The van der Waals surface area contributed by atoms with Crippen LogP contribution in [-0.4, -0.2) is 78.9 Å². The van der Waals surface area contributed by atoms with E-state index in [4.69, 9.17) is 10.6 Å². The molecule has 2 aliphatic heterocycles. The predicted molar refractivity (Wildman–Crippen MR) is 144 cm³/mol. The summed E-state index contributed by atoms with van der Waals surface area (Å²) in [5.74, 6) is -2.60. The van der Waals surface area contributed by atoms with Gasteiger partial charge in [0, 0.05) is 23.0 Å². The lowest BCUT2D eigenvalue weighted by Crippen LogP contribution is -2.71. The second-order valence-corrected chi connectivity index (χ2v) is 11.2. The van der Waals surface area contributed by atoms with E-state index in [0.717, 1.165) is 16.2 Å². The molecule has 5 N–H and O–H groups in total. The molecule has 0 radical (unpaired) electrons. The molecule has 200 valence electrons. The first-order valence-electron chi connectivity index (χ1n) is 10.6. The van der Waals surface area contributed by atoms with E-state index < -0.39 is 29.2 Å². The van der Waals surface area contributed by atoms with Crippen molar-refractivity contribution in [3.63, 3.8) is 0 Å². The molecule has 0 bridgehead atoms. The lowest BCUT2D eigenvalue weighted by atomic mass is 10.0. The number of nitrogens with zero attached hydrogens (tertiary/aromatic N) is 5. The number of thioether (sulfide) groups is 1. The molecule has 4 rings (SSSR count). The number of nitrogens with one attached hydrogen (secondary N) is 2. The zero-order chi connectivity index (χ0) is 27.6. The molecule has 2 aromatic rings. The zero-order valence-corrected chi connectivity index (χ0v) is 23.0. The van der Waals surface area contributed by atoms with E-state index >= 15 is 0 Å². The number of carboxylic acids is 1. The average molecular weight is 597 g/mol. The molecule has 2 atom stereocenters. The molecular formula is C20H20N8O6S4. The number of thiazole rings is 1. The number of fused-ring (bicyclic) bond motifs is 1. The molecular weight excluding hydrogens is 577 g/mol. The molecule has 0 spiro atoms. The maximum absolute atomic E-state index is 13.0. The van der Waals surface area contributed by atoms with Crippen molar-refractivity contribution in [2.24, 2.45) is 5.16 Å². The van der Waals surface area contributed by atoms with Crippen molar-refractivity contribution in [3.8, 4) is 0 Å². The second-order valence-electron chi connectivity index (χ2n) is 7.67. The van der Waals surface area contributed by atoms with Gasteiger partial charge in [0.1, 0.15) is 34.9 Å². The van der Waals surface area contributed by atoms with Gasteiger partial charge in [0.15, 0.2) is 15.9 Å². The van der Waals surface area contributed by atoms with Gasteiger partial charge in [-0.3, -0.25) is 19.3 Å². The van der Waals surface area contributed by atoms with E-state index in [-0.39, 0.29) is 40.4 Å². The Morgan fingerprint density at radius 3 is 2.79 bits per heavy atom. The zero-order valence-electron chi connectivity index (χ0n) is 19.7. The summed E-state index contributed by atoms with van der Waals surface area (Å²) in [6.45, 7) is 1.59. The van der Waals surface area contributed by atoms with Gasteiger partial charge < -0.3 is 26.3 Å². The number of amides is 3. The third-order valence-corrected chi connectivity index (χ3v) is 8.56. The van der Waals surface area contributed by atoms with Crippen molar-refractivity contribution >= 4 is 86.5 Å². The van der Waals surface area contributed by atoms with Gasteiger partial charge >= 0.3 is 5.97 Å². The van der Waals surface area contributed by atoms with Crippen molar-refractivity contribution in [2.45, 2.75) is 24.9 Å². The monoisotopic (exact) mass is 596 g/mol. The van der Waals surface area contributed by atoms with E-state index in [0.29, 0.717) is 20.5 Å². The quantitative estimate of drug-likeness (QED) is 0.115. The number of carbonyl (C=O) groups excluding carboxylic acids is 3. The number of hydrogen-bond acceptors (Lipinski definition) is 14. The summed E-state index contributed by atoms with van der Waals surface area (Å²) in [4.78, 5) is 59.4. The SMILES string of the molecule is CON=C(C(=O)NC1C(=O)N2C(C(=O)O)=C(C=C(S)c3nnc(CNC(C)=O)s3)CSC12)c1csc(N)n1. The highest BCUT2D eigenvalue weighted by Crippen LogP contribution is 2.41. The van der Waals surface area contributed by atoms with Crippen molar-refractivity contribution in [2.75, 3.05) is 18.6 Å². The molecule has 0 saturated carbocycles. The number of allylic oxidation sites excluding steroid dienone is 1. The van der Waals surface area contributed by atoms with Crippen LogP contribution in [0.15, 0.2) is 27.9 Å². The van der Waals surface area contributed by atoms with Gasteiger partial charge in [-0.2, -0.15) is 0 Å². The number of carbonyl (C=O) groups is 4. The third-order valence-electron chi connectivity index (χ3n) is 5.13. The largest absolute Gasteiger partial charge is 0.477 e. The van der Waals surface area contributed by atoms with Crippen LogP contribution in [0.2, 0.25) is 0 Å². The number of aliphatic carboxylic acids is 1. The fourth-order valence-corrected chi connectivity index (χ4v) is 6.40. The average Bonchev–Trinajstić information content (AvgIpc) is 3.53. The second kappa shape index (κ2) is 11.5. The Hall–Kier alpha value is -3.48. The van der Waals surface area contributed by atoms with Crippen LogP contribution in [0.3, 0.4) is 0 Å². The Labute approximate surface area is 232 Å². The molecule has 2 aromatic heterocycles. The number of β-lactam (4-membered cyclic amide) rings is 1. The van der Waals surface area contributed by atoms with Crippen LogP contribution in [0, 0.1) is 0 Å². The van der Waals surface area contributed by atoms with Crippen LogP contribution in [0.1, 0.15) is 22.6 Å². The van der Waals surface area contributed by atoms with Crippen LogP contribution in [0.25, 0.3) is 4.91 Å². The first kappa shape index (κ1) is 27.6. The maximum atomic E-state index is 13.0. The van der Waals surface area contributed by atoms with Gasteiger partial charge in [-0.05, 0) is 11.6 Å². The first-order chi connectivity index (χ1) is 18.1. The Balaban J connectivity index is 1.52. The Morgan fingerprint density at radius 1 is 1.39 bits per heavy atom. The highest BCUT2D eigenvalue weighted by atomic mass is 32.2. The van der Waals surface area contributed by atoms with Crippen LogP contribution >= 0.6 is 47.1 Å². The first-order valence-corrected chi connectivity index (χ1v) is 13.8. The summed E-state index contributed by atoms with van der Waals surface area (Å²) in [5, 5.41) is 28.9. The summed E-state index contributed by atoms with van der Waals surface area (Å²) in [7, 11) is 1.26. The summed E-state index contributed by atoms with van der Waals surface area (Å²) in [5.41, 5.74) is 5.79. The summed E-state index contributed by atoms with van der Waals surface area (Å²) < 4.78 is 0. The Kier molecular flexibility index (Phi) is 8.34. The molecule has 4 heterocycles. The molecule has 18 heteroatoms. The van der Waals surface area contributed by atoms with Crippen molar-refractivity contribution in [3.05, 3.63) is 38.4 Å². The van der Waals surface area contributed by atoms with Crippen LogP contribution < -0.4 is 16.4 Å².